The molecule has 1 fully saturated rings. The zero-order chi connectivity index (χ0) is 10.0. The molecular weight excluding hydrogens is 200 g/mol. The van der Waals surface area contributed by atoms with Crippen LogP contribution < -0.4 is 0 Å². The van der Waals surface area contributed by atoms with Crippen LogP contribution in [-0.2, 0) is 11.2 Å². The van der Waals surface area contributed by atoms with Crippen molar-refractivity contribution in [1.82, 2.24) is 0 Å². The molecule has 1 aromatic heterocycles. The number of furan rings is 1. The summed E-state index contributed by atoms with van der Waals surface area (Å²) in [5.74, 6) is 1.64. The lowest BCUT2D eigenvalue weighted by Crippen LogP contribution is -2.32. The van der Waals surface area contributed by atoms with E-state index >= 15 is 0 Å². The average molecular weight is 215 g/mol. The second-order valence-corrected chi connectivity index (χ2v) is 4.28. The van der Waals surface area contributed by atoms with Gasteiger partial charge >= 0.3 is 0 Å². The minimum atomic E-state index is 0.0689. The van der Waals surface area contributed by atoms with E-state index in [1.54, 1.807) is 6.26 Å². The Morgan fingerprint density at radius 1 is 1.64 bits per heavy atom. The number of rotatable bonds is 3. The van der Waals surface area contributed by atoms with Crippen molar-refractivity contribution in [2.24, 2.45) is 5.41 Å². The molecule has 0 spiro atoms. The molecule has 0 aromatic carbocycles. The zero-order valence-electron chi connectivity index (χ0n) is 8.33. The first-order valence-electron chi connectivity index (χ1n) is 4.97. The fourth-order valence-electron chi connectivity index (χ4n) is 2.03. The van der Waals surface area contributed by atoms with E-state index in [0.29, 0.717) is 5.88 Å². The number of halogens is 1. The quantitative estimate of drug-likeness (QED) is 0.722. The Hall–Kier alpha value is -0.470. The van der Waals surface area contributed by atoms with Crippen molar-refractivity contribution in [3.05, 3.63) is 24.2 Å². The maximum absolute atomic E-state index is 6.05. The van der Waals surface area contributed by atoms with Crippen molar-refractivity contribution >= 4 is 11.6 Å². The highest BCUT2D eigenvalue weighted by atomic mass is 35.5. The number of hydrogen-bond acceptors (Lipinski definition) is 2. The first kappa shape index (κ1) is 10.1. The minimum absolute atomic E-state index is 0.0689. The SMILES string of the molecule is CC1OCCC1(CCl)Cc1ccco1. The fourth-order valence-corrected chi connectivity index (χ4v) is 2.48. The van der Waals surface area contributed by atoms with Crippen molar-refractivity contribution in [3.63, 3.8) is 0 Å². The van der Waals surface area contributed by atoms with E-state index in [1.165, 1.54) is 0 Å². The van der Waals surface area contributed by atoms with Crippen LogP contribution in [-0.4, -0.2) is 18.6 Å². The van der Waals surface area contributed by atoms with E-state index in [9.17, 15) is 0 Å². The molecule has 14 heavy (non-hydrogen) atoms. The minimum Gasteiger partial charge on any atom is -0.469 e. The second-order valence-electron chi connectivity index (χ2n) is 4.02. The Bertz CT molecular complexity index is 283. The molecule has 0 amide bonds. The summed E-state index contributed by atoms with van der Waals surface area (Å²) < 4.78 is 10.9. The van der Waals surface area contributed by atoms with Gasteiger partial charge in [0.1, 0.15) is 5.76 Å². The number of alkyl halides is 1. The monoisotopic (exact) mass is 214 g/mol. The van der Waals surface area contributed by atoms with Gasteiger partial charge in [-0.15, -0.1) is 11.6 Å². The molecule has 2 heterocycles. The van der Waals surface area contributed by atoms with Crippen molar-refractivity contribution < 1.29 is 9.15 Å². The molecule has 0 bridgehead atoms. The van der Waals surface area contributed by atoms with Crippen LogP contribution >= 0.6 is 11.6 Å². The largest absolute Gasteiger partial charge is 0.469 e. The lowest BCUT2D eigenvalue weighted by molar-refractivity contribution is 0.0712. The van der Waals surface area contributed by atoms with E-state index in [2.05, 4.69) is 6.92 Å². The third-order valence-electron chi connectivity index (χ3n) is 3.20. The van der Waals surface area contributed by atoms with E-state index in [0.717, 1.165) is 25.2 Å². The molecule has 0 radical (unpaired) electrons. The molecule has 0 aliphatic carbocycles. The van der Waals surface area contributed by atoms with Gasteiger partial charge in [-0.1, -0.05) is 0 Å². The van der Waals surface area contributed by atoms with Gasteiger partial charge in [0, 0.05) is 24.3 Å². The molecule has 2 unspecified atom stereocenters. The maximum Gasteiger partial charge on any atom is 0.104 e. The van der Waals surface area contributed by atoms with E-state index in [1.807, 2.05) is 12.1 Å². The number of hydrogen-bond donors (Lipinski definition) is 0. The van der Waals surface area contributed by atoms with Crippen molar-refractivity contribution in [1.29, 1.82) is 0 Å². The lowest BCUT2D eigenvalue weighted by Gasteiger charge is -2.28. The summed E-state index contributed by atoms with van der Waals surface area (Å²) in [5, 5.41) is 0. The summed E-state index contributed by atoms with van der Waals surface area (Å²) >= 11 is 6.05. The molecule has 1 aliphatic heterocycles. The van der Waals surface area contributed by atoms with E-state index in [4.69, 9.17) is 20.8 Å². The smallest absolute Gasteiger partial charge is 0.104 e. The van der Waals surface area contributed by atoms with Crippen molar-refractivity contribution in [2.75, 3.05) is 12.5 Å². The lowest BCUT2D eigenvalue weighted by atomic mass is 9.80. The highest BCUT2D eigenvalue weighted by Crippen LogP contribution is 2.39. The molecule has 2 nitrogen and oxygen atoms in total. The Morgan fingerprint density at radius 3 is 3.00 bits per heavy atom. The van der Waals surface area contributed by atoms with Crippen LogP contribution in [0.5, 0.6) is 0 Å². The van der Waals surface area contributed by atoms with Crippen LogP contribution in [0.3, 0.4) is 0 Å². The van der Waals surface area contributed by atoms with Crippen LogP contribution in [0.15, 0.2) is 22.8 Å². The normalized spacial score (nSPS) is 32.3. The van der Waals surface area contributed by atoms with Crippen molar-refractivity contribution in [2.45, 2.75) is 25.9 Å². The Balaban J connectivity index is 2.13. The predicted octanol–water partition coefficient (Wildman–Crippen LogP) is 2.86. The fraction of sp³-hybridized carbons (Fsp3) is 0.636. The van der Waals surface area contributed by atoms with Gasteiger partial charge in [-0.05, 0) is 25.5 Å². The molecule has 78 valence electrons. The average Bonchev–Trinajstić information content (AvgIpc) is 2.79. The van der Waals surface area contributed by atoms with Gasteiger partial charge in [0.2, 0.25) is 0 Å². The van der Waals surface area contributed by atoms with Crippen LogP contribution in [0.4, 0.5) is 0 Å². The Morgan fingerprint density at radius 2 is 2.50 bits per heavy atom. The molecule has 1 aliphatic rings. The molecule has 3 heteroatoms. The molecule has 1 aromatic rings. The van der Waals surface area contributed by atoms with Crippen LogP contribution in [0.1, 0.15) is 19.1 Å². The first-order valence-corrected chi connectivity index (χ1v) is 5.50. The molecular formula is C11H15ClO2. The second kappa shape index (κ2) is 3.95. The van der Waals surface area contributed by atoms with Crippen molar-refractivity contribution in [3.8, 4) is 0 Å². The van der Waals surface area contributed by atoms with Gasteiger partial charge < -0.3 is 9.15 Å². The topological polar surface area (TPSA) is 22.4 Å². The molecule has 2 atom stereocenters. The van der Waals surface area contributed by atoms with Gasteiger partial charge in [-0.3, -0.25) is 0 Å². The summed E-state index contributed by atoms with van der Waals surface area (Å²) in [7, 11) is 0. The Kier molecular flexibility index (Phi) is 2.84. The van der Waals surface area contributed by atoms with Crippen LogP contribution in [0.25, 0.3) is 0 Å². The molecule has 0 N–H and O–H groups in total. The van der Waals surface area contributed by atoms with Gasteiger partial charge in [0.05, 0.1) is 12.4 Å². The first-order chi connectivity index (χ1) is 6.77. The third kappa shape index (κ3) is 1.69. The van der Waals surface area contributed by atoms with Gasteiger partial charge in [0.25, 0.3) is 0 Å². The summed E-state index contributed by atoms with van der Waals surface area (Å²) in [5.41, 5.74) is 0.0689. The summed E-state index contributed by atoms with van der Waals surface area (Å²) in [6, 6.07) is 3.91. The molecule has 2 rings (SSSR count). The van der Waals surface area contributed by atoms with Gasteiger partial charge in [-0.25, -0.2) is 0 Å². The highest BCUT2D eigenvalue weighted by Gasteiger charge is 2.41. The predicted molar refractivity (Wildman–Crippen MR) is 55.6 cm³/mol. The van der Waals surface area contributed by atoms with Crippen LogP contribution in [0, 0.1) is 5.41 Å². The third-order valence-corrected chi connectivity index (χ3v) is 3.73. The standard InChI is InChI=1S/C11H15ClO2/c1-9-11(8-12,4-6-13-9)7-10-3-2-5-14-10/h2-3,5,9H,4,6-8H2,1H3. The highest BCUT2D eigenvalue weighted by molar-refractivity contribution is 6.18. The summed E-state index contributed by atoms with van der Waals surface area (Å²) in [4.78, 5) is 0. The number of ether oxygens (including phenoxy) is 1. The Labute approximate surface area is 89.2 Å². The van der Waals surface area contributed by atoms with E-state index < -0.39 is 0 Å². The van der Waals surface area contributed by atoms with E-state index in [-0.39, 0.29) is 11.5 Å². The summed E-state index contributed by atoms with van der Waals surface area (Å²) in [6.07, 6.45) is 3.84. The molecule has 0 saturated carbocycles. The maximum atomic E-state index is 6.05. The molecule has 1 saturated heterocycles. The van der Waals surface area contributed by atoms with Gasteiger partial charge in [0.15, 0.2) is 0 Å². The van der Waals surface area contributed by atoms with Crippen LogP contribution in [0.2, 0.25) is 0 Å². The zero-order valence-corrected chi connectivity index (χ0v) is 9.09. The van der Waals surface area contributed by atoms with Gasteiger partial charge in [-0.2, -0.15) is 0 Å². The summed E-state index contributed by atoms with van der Waals surface area (Å²) in [6.45, 7) is 2.91.